The molecule has 0 unspecified atom stereocenters. The molecule has 2 heterocycles. The zero-order valence-electron chi connectivity index (χ0n) is 27.3. The van der Waals surface area contributed by atoms with Crippen LogP contribution in [0.15, 0.2) is 60.3 Å². The molecule has 1 aliphatic heterocycles. The van der Waals surface area contributed by atoms with E-state index in [1.807, 2.05) is 31.2 Å². The number of hydrogen-bond donors (Lipinski definition) is 1. The Balaban J connectivity index is 1.30. The third kappa shape index (κ3) is 8.55. The highest BCUT2D eigenvalue weighted by Crippen LogP contribution is 2.45. The molecule has 248 valence electrons. The number of allylic oxidation sites excluding steroid dienone is 2. The van der Waals surface area contributed by atoms with Gasteiger partial charge in [0, 0.05) is 38.9 Å². The lowest BCUT2D eigenvalue weighted by molar-refractivity contribution is -0.146. The number of carbonyl (C=O) groups is 2. The van der Waals surface area contributed by atoms with Crippen LogP contribution in [0.25, 0.3) is 17.2 Å². The molecule has 0 saturated carbocycles. The van der Waals surface area contributed by atoms with Gasteiger partial charge in [-0.05, 0) is 89.9 Å². The molecule has 47 heavy (non-hydrogen) atoms. The Morgan fingerprint density at radius 3 is 2.43 bits per heavy atom. The summed E-state index contributed by atoms with van der Waals surface area (Å²) in [6.07, 6.45) is 3.69. The molecule has 1 N–H and O–H groups in total. The summed E-state index contributed by atoms with van der Waals surface area (Å²) in [6.45, 7) is 6.77. The maximum absolute atomic E-state index is 14.4. The van der Waals surface area contributed by atoms with Crippen molar-refractivity contribution in [3.05, 3.63) is 88.5 Å². The average Bonchev–Trinajstić information content (AvgIpc) is 3.32. The number of methoxy groups -OCH3 is 2. The van der Waals surface area contributed by atoms with E-state index in [1.54, 1.807) is 24.4 Å². The first-order valence-electron chi connectivity index (χ1n) is 15.6. The van der Waals surface area contributed by atoms with Gasteiger partial charge in [0.15, 0.2) is 18.1 Å². The molecule has 2 aromatic carbocycles. The van der Waals surface area contributed by atoms with Crippen LogP contribution in [0.2, 0.25) is 0 Å². The van der Waals surface area contributed by atoms with Crippen LogP contribution in [0, 0.1) is 5.82 Å². The molecular weight excluding hydrogens is 603 g/mol. The third-order valence-corrected chi connectivity index (χ3v) is 8.38. The predicted octanol–water partition coefficient (Wildman–Crippen LogP) is 4.44. The maximum Gasteiger partial charge on any atom is 0.344 e. The van der Waals surface area contributed by atoms with Crippen LogP contribution in [-0.2, 0) is 20.9 Å². The van der Waals surface area contributed by atoms with Gasteiger partial charge in [0.05, 0.1) is 32.9 Å². The van der Waals surface area contributed by atoms with Gasteiger partial charge in [0.25, 0.3) is 0 Å². The lowest BCUT2D eigenvalue weighted by Crippen LogP contribution is -2.45. The minimum atomic E-state index is -0.485. The van der Waals surface area contributed by atoms with Crippen molar-refractivity contribution in [2.45, 2.75) is 19.9 Å². The number of nitrogens with zero attached hydrogens (tertiary/aromatic N) is 3. The second-order valence-electron chi connectivity index (χ2n) is 11.5. The molecule has 1 fully saturated rings. The maximum atomic E-state index is 14.4. The largest absolute Gasteiger partial charge is 0.493 e. The van der Waals surface area contributed by atoms with Crippen LogP contribution in [0.1, 0.15) is 35.7 Å². The highest BCUT2D eigenvalue weighted by atomic mass is 19.1. The van der Waals surface area contributed by atoms with Gasteiger partial charge in [-0.3, -0.25) is 14.7 Å². The molecule has 5 rings (SSSR count). The quantitative estimate of drug-likeness (QED) is 0.271. The summed E-state index contributed by atoms with van der Waals surface area (Å²) in [6, 6.07) is 13.7. The van der Waals surface area contributed by atoms with E-state index in [1.165, 1.54) is 26.4 Å². The van der Waals surface area contributed by atoms with Crippen molar-refractivity contribution in [3.63, 3.8) is 0 Å². The summed E-state index contributed by atoms with van der Waals surface area (Å²) in [4.78, 5) is 34.2. The zero-order chi connectivity index (χ0) is 33.3. The van der Waals surface area contributed by atoms with Crippen molar-refractivity contribution in [1.29, 1.82) is 0 Å². The van der Waals surface area contributed by atoms with E-state index in [4.69, 9.17) is 18.9 Å². The minimum Gasteiger partial charge on any atom is -0.493 e. The number of aromatic nitrogens is 1. The van der Waals surface area contributed by atoms with Crippen molar-refractivity contribution in [2.24, 2.45) is 0 Å². The molecule has 1 aromatic heterocycles. The number of likely N-dealkylation sites (N-methyl/N-ethyl adjacent to an activating group) is 1. The van der Waals surface area contributed by atoms with Crippen molar-refractivity contribution >= 4 is 29.1 Å². The van der Waals surface area contributed by atoms with Gasteiger partial charge < -0.3 is 29.2 Å². The third-order valence-electron chi connectivity index (χ3n) is 8.38. The molecule has 0 atom stereocenters. The number of ether oxygens (including phenoxy) is 4. The Morgan fingerprint density at radius 1 is 1.00 bits per heavy atom. The molecule has 0 spiro atoms. The van der Waals surface area contributed by atoms with Crippen LogP contribution in [0.4, 0.5) is 4.39 Å². The van der Waals surface area contributed by atoms with E-state index in [0.29, 0.717) is 36.8 Å². The van der Waals surface area contributed by atoms with Crippen LogP contribution in [0.5, 0.6) is 17.2 Å². The first-order valence-corrected chi connectivity index (χ1v) is 15.6. The van der Waals surface area contributed by atoms with Crippen LogP contribution >= 0.6 is 0 Å². The fourth-order valence-electron chi connectivity index (χ4n) is 5.72. The van der Waals surface area contributed by atoms with Gasteiger partial charge in [-0.1, -0.05) is 12.1 Å². The predicted molar refractivity (Wildman–Crippen MR) is 178 cm³/mol. The number of hydrogen-bond acceptors (Lipinski definition) is 9. The first-order chi connectivity index (χ1) is 22.7. The van der Waals surface area contributed by atoms with Gasteiger partial charge in [0.1, 0.15) is 12.4 Å². The number of benzene rings is 2. The monoisotopic (exact) mass is 644 g/mol. The van der Waals surface area contributed by atoms with Gasteiger partial charge in [-0.15, -0.1) is 0 Å². The lowest BCUT2D eigenvalue weighted by Gasteiger charge is -2.32. The van der Waals surface area contributed by atoms with Crippen molar-refractivity contribution in [1.82, 2.24) is 20.1 Å². The van der Waals surface area contributed by atoms with E-state index in [9.17, 15) is 14.0 Å². The lowest BCUT2D eigenvalue weighted by atomic mass is 10.00. The SMILES string of the molecule is COc1cc(C=C2C(C)=C(CC(=O)NCc3ccccn3)c3cc(F)ccc32)cc(OC)c1OCC(=O)OCCN1CCN(C)CC1. The molecule has 2 aliphatic rings. The van der Waals surface area contributed by atoms with Crippen LogP contribution < -0.4 is 19.5 Å². The van der Waals surface area contributed by atoms with Crippen molar-refractivity contribution < 1.29 is 32.9 Å². The second kappa shape index (κ2) is 15.7. The molecule has 3 aromatic rings. The summed E-state index contributed by atoms with van der Waals surface area (Å²) in [5, 5.41) is 2.91. The number of rotatable bonds is 13. The van der Waals surface area contributed by atoms with E-state index in [-0.39, 0.29) is 30.5 Å². The normalized spacial score (nSPS) is 15.8. The number of amides is 1. The standard InChI is InChI=1S/C36H41FN4O6/c1-24-29(28-9-8-26(37)20-31(28)30(24)21-34(42)39-22-27-7-5-6-10-38-27)17-25-18-32(44-3)36(33(19-25)45-4)47-23-35(43)46-16-15-41-13-11-40(2)12-14-41/h5-10,17-20H,11-16,21-23H2,1-4H3,(H,39,42). The summed E-state index contributed by atoms with van der Waals surface area (Å²) in [7, 11) is 5.11. The number of piperazine rings is 1. The van der Waals surface area contributed by atoms with Gasteiger partial charge in [0.2, 0.25) is 11.7 Å². The first kappa shape index (κ1) is 33.6. The van der Waals surface area contributed by atoms with Gasteiger partial charge in [-0.25, -0.2) is 9.18 Å². The Kier molecular flexibility index (Phi) is 11.2. The molecular formula is C36H41FN4O6. The number of nitrogens with one attached hydrogen (secondary N) is 1. The smallest absolute Gasteiger partial charge is 0.344 e. The summed E-state index contributed by atoms with van der Waals surface area (Å²) in [5.74, 6) is -0.0405. The number of pyridine rings is 1. The van der Waals surface area contributed by atoms with E-state index < -0.39 is 5.97 Å². The van der Waals surface area contributed by atoms with E-state index in [0.717, 1.165) is 59.7 Å². The van der Waals surface area contributed by atoms with E-state index in [2.05, 4.69) is 27.1 Å². The summed E-state index contributed by atoms with van der Waals surface area (Å²) >= 11 is 0. The molecule has 0 bridgehead atoms. The second-order valence-corrected chi connectivity index (χ2v) is 11.5. The molecule has 0 radical (unpaired) electrons. The summed E-state index contributed by atoms with van der Waals surface area (Å²) in [5.41, 5.74) is 5.41. The van der Waals surface area contributed by atoms with Crippen molar-refractivity contribution in [2.75, 3.05) is 67.2 Å². The van der Waals surface area contributed by atoms with Gasteiger partial charge >= 0.3 is 5.97 Å². The molecule has 11 heteroatoms. The summed E-state index contributed by atoms with van der Waals surface area (Å²) < 4.78 is 36.9. The fraction of sp³-hybridized carbons (Fsp3) is 0.361. The number of esters is 1. The average molecular weight is 645 g/mol. The number of carbonyl (C=O) groups excluding carboxylic acids is 2. The highest BCUT2D eigenvalue weighted by molar-refractivity contribution is 6.08. The Morgan fingerprint density at radius 2 is 1.74 bits per heavy atom. The number of halogens is 1. The zero-order valence-corrected chi connectivity index (χ0v) is 27.3. The van der Waals surface area contributed by atoms with Crippen LogP contribution in [-0.4, -0.2) is 93.9 Å². The molecule has 1 aliphatic carbocycles. The topological polar surface area (TPSA) is 102 Å². The van der Waals surface area contributed by atoms with Crippen molar-refractivity contribution in [3.8, 4) is 17.2 Å². The van der Waals surface area contributed by atoms with E-state index >= 15 is 0 Å². The minimum absolute atomic E-state index is 0.0807. The Labute approximate surface area is 274 Å². The fourth-order valence-corrected chi connectivity index (χ4v) is 5.72. The number of fused-ring (bicyclic) bond motifs is 1. The molecule has 1 amide bonds. The highest BCUT2D eigenvalue weighted by Gasteiger charge is 2.26. The van der Waals surface area contributed by atoms with Crippen LogP contribution in [0.3, 0.4) is 0 Å². The molecule has 1 saturated heterocycles. The Bertz CT molecular complexity index is 1630. The van der Waals surface area contributed by atoms with Gasteiger partial charge in [-0.2, -0.15) is 0 Å². The molecule has 10 nitrogen and oxygen atoms in total. The Hall–Kier alpha value is -4.74.